The van der Waals surface area contributed by atoms with Gasteiger partial charge in [-0.25, -0.2) is 0 Å². The van der Waals surface area contributed by atoms with Crippen molar-refractivity contribution in [2.45, 2.75) is 13.3 Å². The van der Waals surface area contributed by atoms with Crippen LogP contribution in [-0.4, -0.2) is 26.8 Å². The average molecular weight is 238 g/mol. The Morgan fingerprint density at radius 2 is 2.00 bits per heavy atom. The van der Waals surface area contributed by atoms with Crippen LogP contribution in [0.3, 0.4) is 0 Å². The minimum absolute atomic E-state index is 0.230. The highest BCUT2D eigenvalue weighted by molar-refractivity contribution is 5.72. The van der Waals surface area contributed by atoms with Gasteiger partial charge in [0.1, 0.15) is 18.1 Å². The third kappa shape index (κ3) is 3.98. The number of methoxy groups -OCH3 is 2. The van der Waals surface area contributed by atoms with E-state index in [2.05, 4.69) is 0 Å². The van der Waals surface area contributed by atoms with Crippen molar-refractivity contribution >= 4 is 5.97 Å². The van der Waals surface area contributed by atoms with Gasteiger partial charge in [0.2, 0.25) is 0 Å². The number of benzene rings is 1. The fourth-order valence-electron chi connectivity index (χ4n) is 1.41. The van der Waals surface area contributed by atoms with Gasteiger partial charge in [0.15, 0.2) is 0 Å². The molecule has 1 aromatic carbocycles. The fraction of sp³-hybridized carbons (Fsp3) is 0.462. The molecule has 0 spiro atoms. The van der Waals surface area contributed by atoms with Crippen LogP contribution in [0, 0.1) is 5.92 Å². The highest BCUT2D eigenvalue weighted by Crippen LogP contribution is 2.20. The molecule has 17 heavy (non-hydrogen) atoms. The minimum Gasteiger partial charge on any atom is -0.497 e. The summed E-state index contributed by atoms with van der Waals surface area (Å²) in [7, 11) is 2.99. The molecule has 0 aliphatic heterocycles. The Bertz CT molecular complexity index is 362. The maximum absolute atomic E-state index is 11.4. The molecule has 0 N–H and O–H groups in total. The first-order valence-corrected chi connectivity index (χ1v) is 5.56. The molecule has 1 atom stereocenters. The molecule has 0 radical (unpaired) electrons. The van der Waals surface area contributed by atoms with Crippen molar-refractivity contribution in [3.05, 3.63) is 24.3 Å². The summed E-state index contributed by atoms with van der Waals surface area (Å²) >= 11 is 0. The van der Waals surface area contributed by atoms with E-state index in [0.29, 0.717) is 18.8 Å². The molecule has 0 saturated carbocycles. The lowest BCUT2D eigenvalue weighted by atomic mass is 10.1. The lowest BCUT2D eigenvalue weighted by molar-refractivity contribution is -0.146. The molecule has 0 fully saturated rings. The Balaban J connectivity index is 2.56. The van der Waals surface area contributed by atoms with Gasteiger partial charge >= 0.3 is 5.97 Å². The number of hydrogen-bond donors (Lipinski definition) is 0. The number of ether oxygens (including phenoxy) is 3. The van der Waals surface area contributed by atoms with Crippen molar-refractivity contribution in [1.29, 1.82) is 0 Å². The van der Waals surface area contributed by atoms with E-state index >= 15 is 0 Å². The van der Waals surface area contributed by atoms with E-state index in [-0.39, 0.29) is 11.9 Å². The van der Waals surface area contributed by atoms with Crippen LogP contribution in [0.25, 0.3) is 0 Å². The standard InChI is InChI=1S/C13H18O4/c1-4-10(13(14)16-3)9-17-12-7-5-6-11(8-12)15-2/h5-8,10H,4,9H2,1-3H3. The van der Waals surface area contributed by atoms with Crippen molar-refractivity contribution < 1.29 is 19.0 Å². The van der Waals surface area contributed by atoms with Crippen molar-refractivity contribution in [3.63, 3.8) is 0 Å². The maximum Gasteiger partial charge on any atom is 0.312 e. The van der Waals surface area contributed by atoms with Crippen molar-refractivity contribution in [1.82, 2.24) is 0 Å². The van der Waals surface area contributed by atoms with Gasteiger partial charge in [-0.1, -0.05) is 13.0 Å². The molecule has 0 aromatic heterocycles. The molecular weight excluding hydrogens is 220 g/mol. The second-order valence-corrected chi connectivity index (χ2v) is 3.62. The first-order valence-electron chi connectivity index (χ1n) is 5.56. The smallest absolute Gasteiger partial charge is 0.312 e. The predicted molar refractivity (Wildman–Crippen MR) is 64.3 cm³/mol. The van der Waals surface area contributed by atoms with Gasteiger partial charge in [0, 0.05) is 6.07 Å². The van der Waals surface area contributed by atoms with E-state index in [1.165, 1.54) is 7.11 Å². The van der Waals surface area contributed by atoms with Gasteiger partial charge in [-0.2, -0.15) is 0 Å². The average Bonchev–Trinajstić information content (AvgIpc) is 2.39. The Hall–Kier alpha value is -1.71. The normalized spacial score (nSPS) is 11.7. The Morgan fingerprint density at radius 3 is 2.59 bits per heavy atom. The summed E-state index contributed by atoms with van der Waals surface area (Å²) in [5.74, 6) is 0.946. The van der Waals surface area contributed by atoms with Gasteiger partial charge in [-0.05, 0) is 18.6 Å². The van der Waals surface area contributed by atoms with Gasteiger partial charge < -0.3 is 14.2 Å². The first-order chi connectivity index (χ1) is 8.21. The van der Waals surface area contributed by atoms with Crippen LogP contribution < -0.4 is 9.47 Å². The van der Waals surface area contributed by atoms with Crippen LogP contribution in [0.2, 0.25) is 0 Å². The molecule has 94 valence electrons. The van der Waals surface area contributed by atoms with Crippen molar-refractivity contribution in [3.8, 4) is 11.5 Å². The zero-order chi connectivity index (χ0) is 12.7. The Morgan fingerprint density at radius 1 is 1.29 bits per heavy atom. The van der Waals surface area contributed by atoms with E-state index in [0.717, 1.165) is 5.75 Å². The summed E-state index contributed by atoms with van der Waals surface area (Å²) in [6.07, 6.45) is 0.691. The zero-order valence-corrected chi connectivity index (χ0v) is 10.4. The molecule has 0 aliphatic rings. The third-order valence-electron chi connectivity index (χ3n) is 2.52. The predicted octanol–water partition coefficient (Wildman–Crippen LogP) is 2.27. The van der Waals surface area contributed by atoms with E-state index in [9.17, 15) is 4.79 Å². The van der Waals surface area contributed by atoms with Crippen LogP contribution in [0.1, 0.15) is 13.3 Å². The van der Waals surface area contributed by atoms with Crippen molar-refractivity contribution in [2.75, 3.05) is 20.8 Å². The quantitative estimate of drug-likeness (QED) is 0.713. The lowest BCUT2D eigenvalue weighted by Gasteiger charge is -2.14. The number of carbonyl (C=O) groups excluding carboxylic acids is 1. The maximum atomic E-state index is 11.4. The minimum atomic E-state index is -0.240. The second kappa shape index (κ2) is 6.78. The topological polar surface area (TPSA) is 44.8 Å². The molecule has 1 rings (SSSR count). The summed E-state index contributed by atoms with van der Waals surface area (Å²) in [5.41, 5.74) is 0. The van der Waals surface area contributed by atoms with Gasteiger partial charge in [-0.15, -0.1) is 0 Å². The summed E-state index contributed by atoms with van der Waals surface area (Å²) in [6.45, 7) is 2.24. The second-order valence-electron chi connectivity index (χ2n) is 3.62. The molecule has 0 amide bonds. The monoisotopic (exact) mass is 238 g/mol. The molecule has 0 heterocycles. The van der Waals surface area contributed by atoms with Gasteiger partial charge in [0.05, 0.1) is 20.1 Å². The fourth-order valence-corrected chi connectivity index (χ4v) is 1.41. The highest BCUT2D eigenvalue weighted by Gasteiger charge is 2.17. The largest absolute Gasteiger partial charge is 0.497 e. The van der Waals surface area contributed by atoms with Gasteiger partial charge in [0.25, 0.3) is 0 Å². The van der Waals surface area contributed by atoms with E-state index < -0.39 is 0 Å². The van der Waals surface area contributed by atoms with Crippen LogP contribution in [0.5, 0.6) is 11.5 Å². The first kappa shape index (κ1) is 13.4. The van der Waals surface area contributed by atoms with E-state index in [4.69, 9.17) is 14.2 Å². The summed E-state index contributed by atoms with van der Waals surface area (Å²) in [6, 6.07) is 7.29. The number of hydrogen-bond acceptors (Lipinski definition) is 4. The zero-order valence-electron chi connectivity index (χ0n) is 10.4. The van der Waals surface area contributed by atoms with Crippen LogP contribution >= 0.6 is 0 Å². The van der Waals surface area contributed by atoms with E-state index in [1.54, 1.807) is 13.2 Å². The Kier molecular flexibility index (Phi) is 5.33. The van der Waals surface area contributed by atoms with Gasteiger partial charge in [-0.3, -0.25) is 4.79 Å². The van der Waals surface area contributed by atoms with Crippen LogP contribution in [-0.2, 0) is 9.53 Å². The molecule has 1 aromatic rings. The van der Waals surface area contributed by atoms with E-state index in [1.807, 2.05) is 25.1 Å². The molecule has 4 heteroatoms. The third-order valence-corrected chi connectivity index (χ3v) is 2.52. The number of esters is 1. The number of rotatable bonds is 6. The molecule has 4 nitrogen and oxygen atoms in total. The lowest BCUT2D eigenvalue weighted by Crippen LogP contribution is -2.22. The molecule has 1 unspecified atom stereocenters. The highest BCUT2D eigenvalue weighted by atomic mass is 16.5. The van der Waals surface area contributed by atoms with Crippen molar-refractivity contribution in [2.24, 2.45) is 5.92 Å². The van der Waals surface area contributed by atoms with Crippen LogP contribution in [0.15, 0.2) is 24.3 Å². The summed E-state index contributed by atoms with van der Waals surface area (Å²) < 4.78 is 15.3. The Labute approximate surface area is 101 Å². The molecule has 0 aliphatic carbocycles. The van der Waals surface area contributed by atoms with Crippen LogP contribution in [0.4, 0.5) is 0 Å². The number of carbonyl (C=O) groups is 1. The SMILES string of the molecule is CCC(COc1cccc(OC)c1)C(=O)OC. The summed E-state index contributed by atoms with van der Waals surface area (Å²) in [5, 5.41) is 0. The molecular formula is C13H18O4. The summed E-state index contributed by atoms with van der Waals surface area (Å²) in [4.78, 5) is 11.4. The molecule has 0 bridgehead atoms. The molecule has 0 saturated heterocycles.